The number of ether oxygens (including phenoxy) is 1. The van der Waals surface area contributed by atoms with Crippen molar-refractivity contribution in [3.63, 3.8) is 0 Å². The molecular formula is C29H31ClF2N4O3. The Labute approximate surface area is 231 Å². The molecule has 0 radical (unpaired) electrons. The lowest BCUT2D eigenvalue weighted by molar-refractivity contribution is 0.00643. The van der Waals surface area contributed by atoms with Crippen molar-refractivity contribution < 1.29 is 23.7 Å². The highest BCUT2D eigenvalue weighted by molar-refractivity contribution is 6.30. The number of hydrogen-bond acceptors (Lipinski definition) is 7. The topological polar surface area (TPSA) is 92.9 Å². The summed E-state index contributed by atoms with van der Waals surface area (Å²) < 4.78 is 32.7. The fourth-order valence-electron chi connectivity index (χ4n) is 4.85. The molecule has 1 aromatic heterocycles. The van der Waals surface area contributed by atoms with E-state index in [1.165, 1.54) is 18.3 Å². The van der Waals surface area contributed by atoms with Gasteiger partial charge in [0.1, 0.15) is 29.7 Å². The molecule has 3 aromatic rings. The Kier molecular flexibility index (Phi) is 8.72. The summed E-state index contributed by atoms with van der Waals surface area (Å²) in [7, 11) is 0. The van der Waals surface area contributed by atoms with Crippen LogP contribution in [0, 0.1) is 11.3 Å². The van der Waals surface area contributed by atoms with E-state index >= 15 is 0 Å². The summed E-state index contributed by atoms with van der Waals surface area (Å²) >= 11 is 6.15. The van der Waals surface area contributed by atoms with E-state index in [0.717, 1.165) is 18.2 Å². The van der Waals surface area contributed by atoms with Gasteiger partial charge in [0, 0.05) is 49.9 Å². The summed E-state index contributed by atoms with van der Waals surface area (Å²) in [5.41, 5.74) is 0.963. The summed E-state index contributed by atoms with van der Waals surface area (Å²) in [6.07, 6.45) is 1.30. The predicted octanol–water partition coefficient (Wildman–Crippen LogP) is 4.86. The molecule has 206 valence electrons. The SMILES string of the molecule is CC(F)(F)c1ccc([C@](C)(O)CN2CCN(c3ccc(OCCO)cc3C#N)[C@H](c3ccc(Cl)cc3)C2)cn1. The highest BCUT2D eigenvalue weighted by Gasteiger charge is 2.35. The first-order valence-corrected chi connectivity index (χ1v) is 13.0. The van der Waals surface area contributed by atoms with Crippen LogP contribution in [-0.2, 0) is 11.5 Å². The summed E-state index contributed by atoms with van der Waals surface area (Å²) in [6, 6.07) is 17.6. The lowest BCUT2D eigenvalue weighted by Crippen LogP contribution is -2.52. The van der Waals surface area contributed by atoms with Crippen molar-refractivity contribution in [1.82, 2.24) is 9.88 Å². The van der Waals surface area contributed by atoms with Crippen LogP contribution in [0.4, 0.5) is 14.5 Å². The maximum Gasteiger partial charge on any atom is 0.286 e. The molecule has 39 heavy (non-hydrogen) atoms. The molecular weight excluding hydrogens is 526 g/mol. The van der Waals surface area contributed by atoms with Crippen LogP contribution < -0.4 is 9.64 Å². The van der Waals surface area contributed by atoms with E-state index in [2.05, 4.69) is 20.9 Å². The van der Waals surface area contributed by atoms with Crippen LogP contribution >= 0.6 is 11.6 Å². The highest BCUT2D eigenvalue weighted by atomic mass is 35.5. The molecule has 1 aliphatic heterocycles. The molecule has 2 heterocycles. The Hall–Kier alpha value is -3.29. The minimum atomic E-state index is -3.06. The van der Waals surface area contributed by atoms with Crippen molar-refractivity contribution in [2.75, 3.05) is 44.3 Å². The van der Waals surface area contributed by atoms with E-state index in [1.54, 1.807) is 19.1 Å². The fraction of sp³-hybridized carbons (Fsp3) is 0.379. The third-order valence-corrected chi connectivity index (χ3v) is 7.10. The minimum absolute atomic E-state index is 0.126. The van der Waals surface area contributed by atoms with Gasteiger partial charge in [-0.05, 0) is 48.9 Å². The van der Waals surface area contributed by atoms with Gasteiger partial charge in [-0.3, -0.25) is 9.88 Å². The van der Waals surface area contributed by atoms with Gasteiger partial charge in [-0.15, -0.1) is 0 Å². The van der Waals surface area contributed by atoms with Gasteiger partial charge in [-0.25, -0.2) is 0 Å². The first-order chi connectivity index (χ1) is 18.5. The lowest BCUT2D eigenvalue weighted by atomic mass is 9.94. The Bertz CT molecular complexity index is 1310. The molecule has 1 aliphatic rings. The summed E-state index contributed by atoms with van der Waals surface area (Å²) in [5, 5.41) is 30.9. The van der Waals surface area contributed by atoms with Gasteiger partial charge < -0.3 is 19.8 Å². The Morgan fingerprint density at radius 1 is 1.13 bits per heavy atom. The number of aliphatic hydroxyl groups excluding tert-OH is 1. The van der Waals surface area contributed by atoms with Crippen LogP contribution in [0.15, 0.2) is 60.8 Å². The average molecular weight is 557 g/mol. The molecule has 0 amide bonds. The molecule has 0 unspecified atom stereocenters. The maximum absolute atomic E-state index is 13.6. The molecule has 10 heteroatoms. The van der Waals surface area contributed by atoms with Crippen molar-refractivity contribution in [2.45, 2.75) is 31.4 Å². The lowest BCUT2D eigenvalue weighted by Gasteiger charge is -2.45. The van der Waals surface area contributed by atoms with Gasteiger partial charge in [0.25, 0.3) is 5.92 Å². The van der Waals surface area contributed by atoms with E-state index in [1.807, 2.05) is 30.3 Å². The third-order valence-electron chi connectivity index (χ3n) is 6.84. The number of hydrogen-bond donors (Lipinski definition) is 2. The van der Waals surface area contributed by atoms with E-state index < -0.39 is 11.5 Å². The second kappa shape index (κ2) is 11.8. The van der Waals surface area contributed by atoms with Crippen molar-refractivity contribution in [3.05, 3.63) is 88.2 Å². The van der Waals surface area contributed by atoms with Gasteiger partial charge in [0.2, 0.25) is 0 Å². The quantitative estimate of drug-likeness (QED) is 0.389. The molecule has 2 atom stereocenters. The van der Waals surface area contributed by atoms with E-state index in [0.29, 0.717) is 41.5 Å². The first kappa shape index (κ1) is 28.7. The second-order valence-corrected chi connectivity index (χ2v) is 10.4. The monoisotopic (exact) mass is 556 g/mol. The van der Waals surface area contributed by atoms with Gasteiger partial charge in [0.15, 0.2) is 0 Å². The van der Waals surface area contributed by atoms with Crippen molar-refractivity contribution in [2.24, 2.45) is 0 Å². The van der Waals surface area contributed by atoms with Crippen LogP contribution in [0.2, 0.25) is 5.02 Å². The molecule has 0 aliphatic carbocycles. The number of nitriles is 1. The Morgan fingerprint density at radius 3 is 2.49 bits per heavy atom. The smallest absolute Gasteiger partial charge is 0.286 e. The molecule has 7 nitrogen and oxygen atoms in total. The number of β-amino-alcohol motifs (C(OH)–C–C–N with tert-alkyl or cyclic N) is 1. The average Bonchev–Trinajstić information content (AvgIpc) is 2.91. The zero-order valence-electron chi connectivity index (χ0n) is 21.8. The summed E-state index contributed by atoms with van der Waals surface area (Å²) in [5.74, 6) is -2.56. The van der Waals surface area contributed by atoms with Gasteiger partial charge >= 0.3 is 0 Å². The molecule has 2 N–H and O–H groups in total. The molecule has 1 fully saturated rings. The number of benzene rings is 2. The number of nitrogens with zero attached hydrogens (tertiary/aromatic N) is 4. The van der Waals surface area contributed by atoms with E-state index in [9.17, 15) is 19.1 Å². The van der Waals surface area contributed by atoms with Crippen LogP contribution in [0.1, 0.15) is 42.3 Å². The van der Waals surface area contributed by atoms with Crippen LogP contribution in [0.25, 0.3) is 0 Å². The van der Waals surface area contributed by atoms with Gasteiger partial charge in [0.05, 0.1) is 23.9 Å². The fourth-order valence-corrected chi connectivity index (χ4v) is 4.97. The summed E-state index contributed by atoms with van der Waals surface area (Å²) in [4.78, 5) is 8.14. The first-order valence-electron chi connectivity index (χ1n) is 12.6. The van der Waals surface area contributed by atoms with Crippen LogP contribution in [0.5, 0.6) is 5.75 Å². The number of aromatic nitrogens is 1. The Morgan fingerprint density at radius 2 is 1.87 bits per heavy atom. The number of anilines is 1. The second-order valence-electron chi connectivity index (χ2n) is 9.95. The maximum atomic E-state index is 13.6. The van der Waals surface area contributed by atoms with E-state index in [-0.39, 0.29) is 31.5 Å². The predicted molar refractivity (Wildman–Crippen MR) is 145 cm³/mol. The number of pyridine rings is 1. The molecule has 0 bridgehead atoms. The number of aliphatic hydroxyl groups is 2. The minimum Gasteiger partial charge on any atom is -0.491 e. The Balaban J connectivity index is 1.60. The molecule has 0 saturated carbocycles. The van der Waals surface area contributed by atoms with Gasteiger partial charge in [-0.2, -0.15) is 14.0 Å². The largest absolute Gasteiger partial charge is 0.491 e. The number of halogens is 3. The van der Waals surface area contributed by atoms with Crippen molar-refractivity contribution in [3.8, 4) is 11.8 Å². The number of alkyl halides is 2. The van der Waals surface area contributed by atoms with Crippen LogP contribution in [-0.4, -0.2) is 59.5 Å². The molecule has 2 aromatic carbocycles. The molecule has 1 saturated heterocycles. The normalized spacial score (nSPS) is 17.9. The molecule has 0 spiro atoms. The third kappa shape index (κ3) is 6.84. The zero-order valence-corrected chi connectivity index (χ0v) is 22.6. The van der Waals surface area contributed by atoms with Crippen molar-refractivity contribution >= 4 is 17.3 Å². The van der Waals surface area contributed by atoms with Crippen LogP contribution in [0.3, 0.4) is 0 Å². The molecule has 4 rings (SSSR count). The summed E-state index contributed by atoms with van der Waals surface area (Å²) in [6.45, 7) is 4.39. The van der Waals surface area contributed by atoms with E-state index in [4.69, 9.17) is 21.4 Å². The number of rotatable bonds is 9. The highest BCUT2D eigenvalue weighted by Crippen LogP contribution is 2.36. The van der Waals surface area contributed by atoms with Gasteiger partial charge in [-0.1, -0.05) is 29.8 Å². The zero-order chi connectivity index (χ0) is 28.2. The number of piperazine rings is 1. The van der Waals surface area contributed by atoms with Crippen molar-refractivity contribution in [1.29, 1.82) is 5.26 Å². The standard InChI is InChI=1S/C29H31ClF2N4O3/c1-28(38,22-5-10-27(34-17-22)29(2,31)32)19-35-11-12-36(26(18-35)20-3-6-23(30)7-4-20)25-9-8-24(39-14-13-37)15-21(25)16-33/h3-10,15,17,26,37-38H,11-14,18-19H2,1-2H3/t26-,28+/m0/s1.